The van der Waals surface area contributed by atoms with Gasteiger partial charge in [-0.25, -0.2) is 14.1 Å². The highest BCUT2D eigenvalue weighted by Gasteiger charge is 2.21. The molecule has 7 heteroatoms. The van der Waals surface area contributed by atoms with Crippen LogP contribution in [0.1, 0.15) is 21.7 Å². The Morgan fingerprint density at radius 3 is 2.47 bits per heavy atom. The Morgan fingerprint density at radius 2 is 1.73 bits per heavy atom. The predicted octanol–water partition coefficient (Wildman–Crippen LogP) is 5.71. The van der Waals surface area contributed by atoms with E-state index in [0.29, 0.717) is 5.82 Å². The van der Waals surface area contributed by atoms with Gasteiger partial charge in [-0.1, -0.05) is 52.3 Å². The van der Waals surface area contributed by atoms with E-state index in [1.54, 1.807) is 16.8 Å². The maximum absolute atomic E-state index is 14.0. The van der Waals surface area contributed by atoms with Crippen molar-refractivity contribution < 1.29 is 9.18 Å². The second kappa shape index (κ2) is 8.20. The number of rotatable bonds is 4. The molecule has 0 spiro atoms. The van der Waals surface area contributed by atoms with E-state index in [1.807, 2.05) is 56.3 Å². The number of anilines is 1. The fourth-order valence-electron chi connectivity index (χ4n) is 3.07. The molecule has 1 aromatic heterocycles. The van der Waals surface area contributed by atoms with Crippen molar-refractivity contribution in [2.75, 3.05) is 5.32 Å². The normalized spacial score (nSPS) is 10.8. The molecule has 1 N–H and O–H groups in total. The third kappa shape index (κ3) is 3.89. The van der Waals surface area contributed by atoms with E-state index in [4.69, 9.17) is 0 Å². The molecule has 0 aliphatic rings. The number of hydrogen-bond acceptors (Lipinski definition) is 3. The number of carbonyl (C=O) groups is 1. The first-order valence-corrected chi connectivity index (χ1v) is 10.1. The second-order valence-corrected chi connectivity index (χ2v) is 7.75. The van der Waals surface area contributed by atoms with E-state index < -0.39 is 11.7 Å². The molecule has 0 saturated heterocycles. The van der Waals surface area contributed by atoms with Gasteiger partial charge in [0.15, 0.2) is 5.82 Å². The standard InChI is InChI=1S/C23H18BrFN4O/c1-14-6-5-9-20(15(14)2)29-22(16-10-12-17(24)13-11-16)27-21(28-29)23(30)26-19-8-4-3-7-18(19)25/h3-13H,1-2H3,(H,26,30). The van der Waals surface area contributed by atoms with E-state index in [1.165, 1.54) is 12.1 Å². The Bertz CT molecular complexity index is 1230. The van der Waals surface area contributed by atoms with Crippen molar-refractivity contribution in [2.24, 2.45) is 0 Å². The van der Waals surface area contributed by atoms with Crippen molar-refractivity contribution in [3.05, 3.63) is 94.0 Å². The maximum atomic E-state index is 14.0. The summed E-state index contributed by atoms with van der Waals surface area (Å²) >= 11 is 3.43. The Kier molecular flexibility index (Phi) is 5.46. The number of carbonyl (C=O) groups excluding carboxylic acids is 1. The van der Waals surface area contributed by atoms with Gasteiger partial charge in [-0.2, -0.15) is 0 Å². The molecule has 150 valence electrons. The monoisotopic (exact) mass is 464 g/mol. The van der Waals surface area contributed by atoms with Crippen molar-refractivity contribution in [1.29, 1.82) is 0 Å². The van der Waals surface area contributed by atoms with Crippen LogP contribution >= 0.6 is 15.9 Å². The molecule has 0 bridgehead atoms. The van der Waals surface area contributed by atoms with Crippen LogP contribution in [-0.2, 0) is 0 Å². The van der Waals surface area contributed by atoms with Gasteiger partial charge in [-0.05, 0) is 55.3 Å². The Balaban J connectivity index is 1.81. The largest absolute Gasteiger partial charge is 0.317 e. The van der Waals surface area contributed by atoms with E-state index in [2.05, 4.69) is 31.3 Å². The fourth-order valence-corrected chi connectivity index (χ4v) is 3.33. The first kappa shape index (κ1) is 20.0. The summed E-state index contributed by atoms with van der Waals surface area (Å²) in [6, 6.07) is 19.5. The molecule has 5 nitrogen and oxygen atoms in total. The lowest BCUT2D eigenvalue weighted by Crippen LogP contribution is -2.15. The number of para-hydroxylation sites is 1. The molecular weight excluding hydrogens is 447 g/mol. The number of nitrogens with one attached hydrogen (secondary N) is 1. The number of aromatic nitrogens is 3. The summed E-state index contributed by atoms with van der Waals surface area (Å²) in [4.78, 5) is 17.3. The van der Waals surface area contributed by atoms with Crippen molar-refractivity contribution in [1.82, 2.24) is 14.8 Å². The van der Waals surface area contributed by atoms with Gasteiger partial charge < -0.3 is 5.32 Å². The summed E-state index contributed by atoms with van der Waals surface area (Å²) in [7, 11) is 0. The van der Waals surface area contributed by atoms with Crippen LogP contribution in [0.15, 0.2) is 71.2 Å². The number of amides is 1. The minimum Gasteiger partial charge on any atom is -0.317 e. The van der Waals surface area contributed by atoms with Crippen molar-refractivity contribution >= 4 is 27.5 Å². The minimum absolute atomic E-state index is 0.0444. The van der Waals surface area contributed by atoms with Crippen LogP contribution in [0.4, 0.5) is 10.1 Å². The zero-order valence-electron chi connectivity index (χ0n) is 16.4. The predicted molar refractivity (Wildman–Crippen MR) is 118 cm³/mol. The zero-order valence-corrected chi connectivity index (χ0v) is 17.9. The summed E-state index contributed by atoms with van der Waals surface area (Å²) in [5.74, 6) is -0.623. The first-order chi connectivity index (χ1) is 14.4. The lowest BCUT2D eigenvalue weighted by molar-refractivity contribution is 0.101. The van der Waals surface area contributed by atoms with Gasteiger partial charge in [0.25, 0.3) is 5.91 Å². The molecule has 0 unspecified atom stereocenters. The van der Waals surface area contributed by atoms with Crippen LogP contribution in [0.3, 0.4) is 0 Å². The van der Waals surface area contributed by atoms with Crippen molar-refractivity contribution in [2.45, 2.75) is 13.8 Å². The van der Waals surface area contributed by atoms with Gasteiger partial charge in [-0.3, -0.25) is 4.79 Å². The lowest BCUT2D eigenvalue weighted by atomic mass is 10.1. The van der Waals surface area contributed by atoms with Crippen molar-refractivity contribution in [3.8, 4) is 17.1 Å². The molecule has 0 aliphatic carbocycles. The molecule has 0 aliphatic heterocycles. The van der Waals surface area contributed by atoms with Crippen LogP contribution in [0.2, 0.25) is 0 Å². The Labute approximate surface area is 181 Å². The summed E-state index contributed by atoms with van der Waals surface area (Å²) in [5, 5.41) is 7.01. The van der Waals surface area contributed by atoms with E-state index in [0.717, 1.165) is 26.9 Å². The van der Waals surface area contributed by atoms with E-state index >= 15 is 0 Å². The van der Waals surface area contributed by atoms with E-state index in [9.17, 15) is 9.18 Å². The fraction of sp³-hybridized carbons (Fsp3) is 0.0870. The molecule has 0 fully saturated rings. The van der Waals surface area contributed by atoms with Gasteiger partial charge in [0.05, 0.1) is 11.4 Å². The summed E-state index contributed by atoms with van der Waals surface area (Å²) in [6.45, 7) is 4.01. The van der Waals surface area contributed by atoms with Gasteiger partial charge >= 0.3 is 0 Å². The zero-order chi connectivity index (χ0) is 21.3. The number of halogens is 2. The Hall–Kier alpha value is -3.32. The third-order valence-electron chi connectivity index (χ3n) is 4.84. The number of nitrogens with zero attached hydrogens (tertiary/aromatic N) is 3. The molecule has 4 rings (SSSR count). The number of benzene rings is 3. The molecule has 0 atom stereocenters. The molecule has 1 amide bonds. The average molecular weight is 465 g/mol. The quantitative estimate of drug-likeness (QED) is 0.420. The SMILES string of the molecule is Cc1cccc(-n2nc(C(=O)Nc3ccccc3F)nc2-c2ccc(Br)cc2)c1C. The van der Waals surface area contributed by atoms with Gasteiger partial charge in [0, 0.05) is 10.0 Å². The minimum atomic E-state index is -0.581. The van der Waals surface area contributed by atoms with Crippen LogP contribution in [0, 0.1) is 19.7 Å². The van der Waals surface area contributed by atoms with Crippen LogP contribution in [0.25, 0.3) is 17.1 Å². The molecule has 4 aromatic rings. The topological polar surface area (TPSA) is 59.8 Å². The van der Waals surface area contributed by atoms with Crippen LogP contribution < -0.4 is 5.32 Å². The highest BCUT2D eigenvalue weighted by Crippen LogP contribution is 2.26. The highest BCUT2D eigenvalue weighted by atomic mass is 79.9. The smallest absolute Gasteiger partial charge is 0.295 e. The molecule has 0 radical (unpaired) electrons. The molecule has 1 heterocycles. The first-order valence-electron chi connectivity index (χ1n) is 9.29. The summed E-state index contributed by atoms with van der Waals surface area (Å²) in [5.41, 5.74) is 3.83. The number of hydrogen-bond donors (Lipinski definition) is 1. The summed E-state index contributed by atoms with van der Waals surface area (Å²) < 4.78 is 16.5. The molecule has 30 heavy (non-hydrogen) atoms. The maximum Gasteiger partial charge on any atom is 0.295 e. The van der Waals surface area contributed by atoms with Gasteiger partial charge in [0.1, 0.15) is 5.82 Å². The Morgan fingerprint density at radius 1 is 1.00 bits per heavy atom. The molecular formula is C23H18BrFN4O. The summed E-state index contributed by atoms with van der Waals surface area (Å²) in [6.07, 6.45) is 0. The third-order valence-corrected chi connectivity index (χ3v) is 5.37. The van der Waals surface area contributed by atoms with Gasteiger partial charge in [-0.15, -0.1) is 5.10 Å². The van der Waals surface area contributed by atoms with Crippen LogP contribution in [-0.4, -0.2) is 20.7 Å². The second-order valence-electron chi connectivity index (χ2n) is 6.83. The van der Waals surface area contributed by atoms with E-state index in [-0.39, 0.29) is 11.5 Å². The van der Waals surface area contributed by atoms with Crippen molar-refractivity contribution in [3.63, 3.8) is 0 Å². The van der Waals surface area contributed by atoms with Gasteiger partial charge in [0.2, 0.25) is 5.82 Å². The highest BCUT2D eigenvalue weighted by molar-refractivity contribution is 9.10. The average Bonchev–Trinajstić information content (AvgIpc) is 3.17. The van der Waals surface area contributed by atoms with Crippen LogP contribution in [0.5, 0.6) is 0 Å². The lowest BCUT2D eigenvalue weighted by Gasteiger charge is -2.11. The molecule has 3 aromatic carbocycles. The number of aryl methyl sites for hydroxylation is 1. The molecule has 0 saturated carbocycles.